The lowest BCUT2D eigenvalue weighted by Gasteiger charge is -2.09. The lowest BCUT2D eigenvalue weighted by Crippen LogP contribution is -2.10. The number of phenols is 1. The Morgan fingerprint density at radius 3 is 2.80 bits per heavy atom. The molecular formula is C10H11BrFNO2. The molecule has 0 unspecified atom stereocenters. The molecule has 1 aromatic carbocycles. The number of phenolic OH excluding ortho intramolecular Hbond substituents is 1. The first kappa shape index (κ1) is 12.1. The van der Waals surface area contributed by atoms with E-state index in [2.05, 4.69) is 15.9 Å². The van der Waals surface area contributed by atoms with Crippen LogP contribution in [0.1, 0.15) is 22.3 Å². The zero-order valence-electron chi connectivity index (χ0n) is 8.18. The Labute approximate surface area is 95.2 Å². The summed E-state index contributed by atoms with van der Waals surface area (Å²) in [5.74, 6) is -1.79. The van der Waals surface area contributed by atoms with Gasteiger partial charge in [-0.05, 0) is 41.0 Å². The molecule has 82 valence electrons. The van der Waals surface area contributed by atoms with Crippen molar-refractivity contribution < 1.29 is 14.3 Å². The maximum absolute atomic E-state index is 13.2. The highest BCUT2D eigenvalue weighted by atomic mass is 79.9. The van der Waals surface area contributed by atoms with Gasteiger partial charge in [0.05, 0.1) is 5.56 Å². The summed E-state index contributed by atoms with van der Waals surface area (Å²) >= 11 is 3.15. The van der Waals surface area contributed by atoms with Crippen LogP contribution in [0.3, 0.4) is 0 Å². The predicted molar refractivity (Wildman–Crippen MR) is 58.5 cm³/mol. The summed E-state index contributed by atoms with van der Waals surface area (Å²) in [5, 5.41) is 9.43. The fourth-order valence-electron chi connectivity index (χ4n) is 1.25. The summed E-state index contributed by atoms with van der Waals surface area (Å²) in [6, 6.07) is 1.17. The van der Waals surface area contributed by atoms with Gasteiger partial charge in [-0.25, -0.2) is 4.39 Å². The molecule has 0 radical (unpaired) electrons. The van der Waals surface area contributed by atoms with Crippen LogP contribution in [0.15, 0.2) is 10.5 Å². The minimum atomic E-state index is -0.795. The van der Waals surface area contributed by atoms with Crippen molar-refractivity contribution in [2.24, 2.45) is 5.73 Å². The second-order valence-corrected chi connectivity index (χ2v) is 3.97. The molecule has 0 saturated carbocycles. The van der Waals surface area contributed by atoms with Gasteiger partial charge in [0.1, 0.15) is 0 Å². The second kappa shape index (κ2) is 4.72. The fraction of sp³-hybridized carbons (Fsp3) is 0.300. The van der Waals surface area contributed by atoms with E-state index in [0.717, 1.165) is 0 Å². The van der Waals surface area contributed by atoms with Crippen LogP contribution in [-0.4, -0.2) is 17.4 Å². The first-order valence-corrected chi connectivity index (χ1v) is 5.19. The van der Waals surface area contributed by atoms with Crippen molar-refractivity contribution in [2.45, 2.75) is 13.3 Å². The molecule has 1 aromatic rings. The van der Waals surface area contributed by atoms with E-state index in [-0.39, 0.29) is 24.3 Å². The molecule has 0 saturated heterocycles. The van der Waals surface area contributed by atoms with Gasteiger partial charge in [-0.15, -0.1) is 0 Å². The van der Waals surface area contributed by atoms with Crippen LogP contribution in [0.4, 0.5) is 4.39 Å². The summed E-state index contributed by atoms with van der Waals surface area (Å²) in [7, 11) is 0. The van der Waals surface area contributed by atoms with E-state index in [1.807, 2.05) is 0 Å². The topological polar surface area (TPSA) is 63.3 Å². The number of carbonyl (C=O) groups excluding carboxylic acids is 1. The maximum Gasteiger partial charge on any atom is 0.169 e. The van der Waals surface area contributed by atoms with Crippen molar-refractivity contribution in [3.8, 4) is 5.75 Å². The number of halogens is 2. The average Bonchev–Trinajstić information content (AvgIpc) is 2.16. The molecule has 3 N–H and O–H groups in total. The molecule has 0 aromatic heterocycles. The molecule has 3 nitrogen and oxygen atoms in total. The normalized spacial score (nSPS) is 10.4. The van der Waals surface area contributed by atoms with Gasteiger partial charge in [-0.1, -0.05) is 0 Å². The Hall–Kier alpha value is -0.940. The highest BCUT2D eigenvalue weighted by Gasteiger charge is 2.19. The molecule has 0 fully saturated rings. The van der Waals surface area contributed by atoms with Crippen molar-refractivity contribution >= 4 is 21.7 Å². The molecule has 0 atom stereocenters. The number of ketones is 1. The summed E-state index contributed by atoms with van der Waals surface area (Å²) in [6.45, 7) is 1.81. The Bertz CT molecular complexity index is 381. The molecule has 5 heteroatoms. The summed E-state index contributed by atoms with van der Waals surface area (Å²) in [4.78, 5) is 11.6. The van der Waals surface area contributed by atoms with Crippen LogP contribution >= 0.6 is 15.9 Å². The Balaban J connectivity index is 3.32. The van der Waals surface area contributed by atoms with Gasteiger partial charge >= 0.3 is 0 Å². The number of carbonyl (C=O) groups is 1. The zero-order valence-corrected chi connectivity index (χ0v) is 9.77. The number of hydrogen-bond donors (Lipinski definition) is 2. The highest BCUT2D eigenvalue weighted by Crippen LogP contribution is 2.32. The summed E-state index contributed by atoms with van der Waals surface area (Å²) < 4.78 is 13.6. The van der Waals surface area contributed by atoms with Gasteiger partial charge in [0.2, 0.25) is 0 Å². The zero-order chi connectivity index (χ0) is 11.6. The van der Waals surface area contributed by atoms with E-state index < -0.39 is 11.6 Å². The molecule has 0 aliphatic heterocycles. The maximum atomic E-state index is 13.2. The molecule has 0 aliphatic carbocycles. The number of nitrogens with two attached hydrogens (primary N) is 1. The molecule has 0 spiro atoms. The van der Waals surface area contributed by atoms with Crippen LogP contribution in [0.2, 0.25) is 0 Å². The largest absolute Gasteiger partial charge is 0.504 e. The third kappa shape index (κ3) is 2.35. The quantitative estimate of drug-likeness (QED) is 0.831. The average molecular weight is 276 g/mol. The van der Waals surface area contributed by atoms with E-state index >= 15 is 0 Å². The van der Waals surface area contributed by atoms with Gasteiger partial charge in [0.15, 0.2) is 17.3 Å². The van der Waals surface area contributed by atoms with E-state index in [9.17, 15) is 14.3 Å². The summed E-state index contributed by atoms with van der Waals surface area (Å²) in [6.07, 6.45) is 0.0784. The first-order valence-electron chi connectivity index (χ1n) is 4.39. The van der Waals surface area contributed by atoms with Crippen LogP contribution in [0.25, 0.3) is 0 Å². The van der Waals surface area contributed by atoms with E-state index in [1.165, 1.54) is 6.07 Å². The first-order chi connectivity index (χ1) is 6.99. The minimum Gasteiger partial charge on any atom is -0.504 e. The van der Waals surface area contributed by atoms with Gasteiger partial charge < -0.3 is 10.8 Å². The van der Waals surface area contributed by atoms with Crippen LogP contribution < -0.4 is 5.73 Å². The van der Waals surface area contributed by atoms with Crippen LogP contribution in [0.5, 0.6) is 5.75 Å². The monoisotopic (exact) mass is 275 g/mol. The number of aromatic hydroxyl groups is 1. The van der Waals surface area contributed by atoms with Crippen molar-refractivity contribution in [3.63, 3.8) is 0 Å². The van der Waals surface area contributed by atoms with Gasteiger partial charge in [-0.2, -0.15) is 0 Å². The Morgan fingerprint density at radius 2 is 2.27 bits per heavy atom. The van der Waals surface area contributed by atoms with E-state index in [1.54, 1.807) is 6.92 Å². The lowest BCUT2D eigenvalue weighted by atomic mass is 10.0. The van der Waals surface area contributed by atoms with Crippen LogP contribution in [0, 0.1) is 12.7 Å². The van der Waals surface area contributed by atoms with Gasteiger partial charge in [-0.3, -0.25) is 4.79 Å². The highest BCUT2D eigenvalue weighted by molar-refractivity contribution is 9.10. The SMILES string of the molecule is Cc1cc(F)c(O)c(C(=O)CCN)c1Br. The number of benzene rings is 1. The lowest BCUT2D eigenvalue weighted by molar-refractivity contribution is 0.0981. The van der Waals surface area contributed by atoms with Gasteiger partial charge in [0.25, 0.3) is 0 Å². The van der Waals surface area contributed by atoms with Crippen molar-refractivity contribution in [3.05, 3.63) is 27.5 Å². The molecule has 0 aliphatic rings. The third-order valence-corrected chi connectivity index (χ3v) is 3.04. The Morgan fingerprint density at radius 1 is 1.67 bits per heavy atom. The number of aryl methyl sites for hydroxylation is 1. The molecule has 1 rings (SSSR count). The predicted octanol–water partition coefficient (Wildman–Crippen LogP) is 2.13. The molecule has 0 bridgehead atoms. The fourth-order valence-corrected chi connectivity index (χ4v) is 1.78. The minimum absolute atomic E-state index is 0.0297. The summed E-state index contributed by atoms with van der Waals surface area (Å²) in [5.41, 5.74) is 5.76. The second-order valence-electron chi connectivity index (χ2n) is 3.17. The molecule has 15 heavy (non-hydrogen) atoms. The van der Waals surface area contributed by atoms with Crippen LogP contribution in [-0.2, 0) is 0 Å². The number of hydrogen-bond acceptors (Lipinski definition) is 3. The van der Waals surface area contributed by atoms with Gasteiger partial charge in [0, 0.05) is 10.9 Å². The molecule has 0 amide bonds. The standard InChI is InChI=1S/C10H11BrFNO2/c1-5-4-6(12)10(15)8(9(5)11)7(14)2-3-13/h4,15H,2-3,13H2,1H3. The Kier molecular flexibility index (Phi) is 3.82. The van der Waals surface area contributed by atoms with Crippen molar-refractivity contribution in [1.82, 2.24) is 0 Å². The third-order valence-electron chi connectivity index (χ3n) is 2.02. The van der Waals surface area contributed by atoms with Crippen molar-refractivity contribution in [2.75, 3.05) is 6.54 Å². The molecular weight excluding hydrogens is 265 g/mol. The van der Waals surface area contributed by atoms with E-state index in [4.69, 9.17) is 5.73 Å². The van der Waals surface area contributed by atoms with Crippen molar-refractivity contribution in [1.29, 1.82) is 0 Å². The van der Waals surface area contributed by atoms with E-state index in [0.29, 0.717) is 10.0 Å². The molecule has 0 heterocycles. The number of rotatable bonds is 3. The smallest absolute Gasteiger partial charge is 0.169 e. The number of Topliss-reactive ketones (excluding diaryl/α,β-unsaturated/α-hetero) is 1.